The van der Waals surface area contributed by atoms with E-state index in [0.29, 0.717) is 49.7 Å². The fourth-order valence-corrected chi connectivity index (χ4v) is 5.30. The zero-order chi connectivity index (χ0) is 29.3. The van der Waals surface area contributed by atoms with Crippen LogP contribution in [-0.4, -0.2) is 20.0 Å². The highest BCUT2D eigenvalue weighted by molar-refractivity contribution is 6.35. The molecule has 1 saturated carbocycles. The SMILES string of the molecule is [2H]C(Nc1cc(Cl)c2ncc(C#N)c(NC(CC)c3ccccc3)c2c1)(c1cccc(C#N)c1)c1cnnn1C1CC1. The monoisotopic (exact) mass is 559 g/mol. The topological polar surface area (TPSA) is 115 Å². The molecule has 202 valence electrons. The first-order valence-electron chi connectivity index (χ1n) is 14.0. The Labute approximate surface area is 244 Å². The van der Waals surface area contributed by atoms with E-state index < -0.39 is 6.02 Å². The molecule has 0 aliphatic heterocycles. The maximum absolute atomic E-state index is 10.0. The van der Waals surface area contributed by atoms with Crippen LogP contribution in [0.3, 0.4) is 0 Å². The molecular weight excluding hydrogens is 532 g/mol. The zero-order valence-electron chi connectivity index (χ0n) is 23.3. The summed E-state index contributed by atoms with van der Waals surface area (Å²) in [5.74, 6) is 0. The highest BCUT2D eigenvalue weighted by atomic mass is 35.5. The van der Waals surface area contributed by atoms with E-state index in [1.54, 1.807) is 35.1 Å². The fourth-order valence-electron chi connectivity index (χ4n) is 5.04. The molecule has 1 fully saturated rings. The molecule has 0 saturated heterocycles. The third kappa shape index (κ3) is 5.30. The molecule has 2 heterocycles. The van der Waals surface area contributed by atoms with Gasteiger partial charge in [0.05, 0.1) is 64.8 Å². The van der Waals surface area contributed by atoms with Gasteiger partial charge in [0.25, 0.3) is 0 Å². The lowest BCUT2D eigenvalue weighted by Crippen LogP contribution is -2.17. The van der Waals surface area contributed by atoms with Crippen LogP contribution in [0.4, 0.5) is 11.4 Å². The van der Waals surface area contributed by atoms with E-state index >= 15 is 0 Å². The maximum Gasteiger partial charge on any atom is 0.103 e. The Morgan fingerprint density at radius 2 is 1.83 bits per heavy atom. The van der Waals surface area contributed by atoms with Crippen molar-refractivity contribution in [1.82, 2.24) is 20.0 Å². The lowest BCUT2D eigenvalue weighted by Gasteiger charge is -2.23. The van der Waals surface area contributed by atoms with Crippen LogP contribution in [0.15, 0.2) is 79.1 Å². The maximum atomic E-state index is 10.0. The van der Waals surface area contributed by atoms with Crippen molar-refractivity contribution in [3.05, 3.63) is 112 Å². The number of halogens is 1. The molecule has 0 spiro atoms. The summed E-state index contributed by atoms with van der Waals surface area (Å²) in [6.45, 7) is 2.08. The molecule has 9 heteroatoms. The van der Waals surface area contributed by atoms with E-state index in [0.717, 1.165) is 24.8 Å². The average Bonchev–Trinajstić information content (AvgIpc) is 3.75. The molecule has 8 nitrogen and oxygen atoms in total. The fraction of sp³-hybridized carbons (Fsp3) is 0.219. The lowest BCUT2D eigenvalue weighted by atomic mass is 10.00. The van der Waals surface area contributed by atoms with E-state index in [1.165, 1.54) is 6.20 Å². The quantitative estimate of drug-likeness (QED) is 0.194. The van der Waals surface area contributed by atoms with Crippen LogP contribution in [0.2, 0.25) is 5.02 Å². The van der Waals surface area contributed by atoms with Crippen LogP contribution in [0.25, 0.3) is 10.9 Å². The van der Waals surface area contributed by atoms with E-state index in [2.05, 4.69) is 57.1 Å². The van der Waals surface area contributed by atoms with Crippen molar-refractivity contribution in [2.24, 2.45) is 0 Å². The van der Waals surface area contributed by atoms with E-state index in [-0.39, 0.29) is 12.1 Å². The summed E-state index contributed by atoms with van der Waals surface area (Å²) in [6, 6.07) is 23.6. The van der Waals surface area contributed by atoms with Gasteiger partial charge in [0, 0.05) is 17.3 Å². The molecule has 5 aromatic rings. The molecular formula is C32H27ClN8. The Hall–Kier alpha value is -4.92. The first kappa shape index (κ1) is 25.1. The molecule has 1 aliphatic rings. The van der Waals surface area contributed by atoms with Crippen molar-refractivity contribution in [2.75, 3.05) is 10.6 Å². The van der Waals surface area contributed by atoms with Gasteiger partial charge in [-0.2, -0.15) is 10.5 Å². The Morgan fingerprint density at radius 3 is 2.56 bits per heavy atom. The Kier molecular flexibility index (Phi) is 6.90. The van der Waals surface area contributed by atoms with Gasteiger partial charge in [-0.25, -0.2) is 4.68 Å². The summed E-state index contributed by atoms with van der Waals surface area (Å²) in [4.78, 5) is 4.50. The van der Waals surface area contributed by atoms with Crippen molar-refractivity contribution in [2.45, 2.75) is 44.3 Å². The summed E-state index contributed by atoms with van der Waals surface area (Å²) in [7, 11) is 0. The Bertz CT molecular complexity index is 1850. The minimum Gasteiger partial charge on any atom is -0.377 e. The van der Waals surface area contributed by atoms with Gasteiger partial charge in [-0.15, -0.1) is 5.10 Å². The number of hydrogen-bond acceptors (Lipinski definition) is 7. The molecule has 0 amide bonds. The predicted molar refractivity (Wildman–Crippen MR) is 159 cm³/mol. The number of rotatable bonds is 9. The van der Waals surface area contributed by atoms with Crippen LogP contribution < -0.4 is 10.6 Å². The normalized spacial score (nSPS) is 15.3. The van der Waals surface area contributed by atoms with Gasteiger partial charge in [0.2, 0.25) is 0 Å². The second-order valence-corrected chi connectivity index (χ2v) is 10.4. The minimum absolute atomic E-state index is 0.0535. The number of nitriles is 2. The number of nitrogens with zero attached hydrogens (tertiary/aromatic N) is 6. The van der Waals surface area contributed by atoms with Crippen LogP contribution in [0.5, 0.6) is 0 Å². The smallest absolute Gasteiger partial charge is 0.103 e. The van der Waals surface area contributed by atoms with Gasteiger partial charge in [0.15, 0.2) is 0 Å². The second-order valence-electron chi connectivity index (χ2n) is 10.0. The predicted octanol–water partition coefficient (Wildman–Crippen LogP) is 7.32. The number of nitrogens with one attached hydrogen (secondary N) is 2. The molecule has 41 heavy (non-hydrogen) atoms. The highest BCUT2D eigenvalue weighted by Crippen LogP contribution is 2.40. The third-order valence-corrected chi connectivity index (χ3v) is 7.54. The van der Waals surface area contributed by atoms with E-state index in [1.807, 2.05) is 30.3 Å². The van der Waals surface area contributed by atoms with Crippen LogP contribution in [0, 0.1) is 22.7 Å². The van der Waals surface area contributed by atoms with Crippen molar-refractivity contribution in [3.8, 4) is 12.1 Å². The van der Waals surface area contributed by atoms with Gasteiger partial charge in [-0.3, -0.25) is 4.98 Å². The lowest BCUT2D eigenvalue weighted by molar-refractivity contribution is 0.574. The summed E-state index contributed by atoms with van der Waals surface area (Å²) in [5.41, 5.74) is 4.73. The molecule has 2 N–H and O–H groups in total. The van der Waals surface area contributed by atoms with Crippen LogP contribution in [0.1, 0.15) is 73.6 Å². The molecule has 2 atom stereocenters. The number of pyridine rings is 1. The molecule has 3 aromatic carbocycles. The molecule has 6 rings (SSSR count). The van der Waals surface area contributed by atoms with Crippen molar-refractivity contribution < 1.29 is 1.37 Å². The van der Waals surface area contributed by atoms with Gasteiger partial charge in [-0.05, 0) is 54.7 Å². The number of benzene rings is 3. The van der Waals surface area contributed by atoms with Gasteiger partial charge >= 0.3 is 0 Å². The minimum atomic E-state index is -1.56. The number of anilines is 2. The molecule has 2 aromatic heterocycles. The summed E-state index contributed by atoms with van der Waals surface area (Å²) in [5, 5.41) is 36.0. The van der Waals surface area contributed by atoms with E-state index in [9.17, 15) is 11.9 Å². The van der Waals surface area contributed by atoms with Crippen LogP contribution in [-0.2, 0) is 0 Å². The standard InChI is InChI=1S/C32H27ClN8/c1-2-28(21-8-4-3-5-9-21)39-30-23(17-35)18-36-32-26(30)14-24(15-27(32)33)38-31(22-10-6-7-20(13-22)16-34)29-19-37-40-41(29)25-11-12-25/h3-10,13-15,18-19,25,28,31,38H,2,11-12H2,1H3,(H,36,39)/i31D. The van der Waals surface area contributed by atoms with Gasteiger partial charge in [0.1, 0.15) is 6.07 Å². The number of aromatic nitrogens is 4. The average molecular weight is 560 g/mol. The molecule has 2 unspecified atom stereocenters. The molecule has 0 radical (unpaired) electrons. The largest absolute Gasteiger partial charge is 0.377 e. The Balaban J connectivity index is 1.49. The van der Waals surface area contributed by atoms with E-state index in [4.69, 9.17) is 11.6 Å². The molecule has 0 bridgehead atoms. The number of fused-ring (bicyclic) bond motifs is 1. The summed E-state index contributed by atoms with van der Waals surface area (Å²) in [6.07, 6.45) is 5.83. The summed E-state index contributed by atoms with van der Waals surface area (Å²) < 4.78 is 11.6. The zero-order valence-corrected chi connectivity index (χ0v) is 23.1. The third-order valence-electron chi connectivity index (χ3n) is 7.25. The number of hydrogen-bond donors (Lipinski definition) is 2. The first-order valence-corrected chi connectivity index (χ1v) is 13.9. The van der Waals surface area contributed by atoms with Crippen molar-refractivity contribution >= 4 is 33.9 Å². The molecule has 1 aliphatic carbocycles. The Morgan fingerprint density at radius 1 is 1.02 bits per heavy atom. The van der Waals surface area contributed by atoms with Gasteiger partial charge < -0.3 is 10.6 Å². The second kappa shape index (κ2) is 11.3. The highest BCUT2D eigenvalue weighted by Gasteiger charge is 2.30. The van der Waals surface area contributed by atoms with Gasteiger partial charge in [-0.1, -0.05) is 66.2 Å². The summed E-state index contributed by atoms with van der Waals surface area (Å²) >= 11 is 6.81. The van der Waals surface area contributed by atoms with Crippen LogP contribution >= 0.6 is 11.6 Å². The van der Waals surface area contributed by atoms with Crippen molar-refractivity contribution in [1.29, 1.82) is 10.5 Å². The van der Waals surface area contributed by atoms with Crippen molar-refractivity contribution in [3.63, 3.8) is 0 Å². The first-order chi connectivity index (χ1) is 20.4.